The van der Waals surface area contributed by atoms with Gasteiger partial charge in [-0.05, 0) is 87.2 Å². The fourth-order valence-electron chi connectivity index (χ4n) is 5.89. The molecular formula is C33H38N6O5. The Morgan fingerprint density at radius 3 is 2.48 bits per heavy atom. The molecule has 44 heavy (non-hydrogen) atoms. The molecule has 0 spiro atoms. The highest BCUT2D eigenvalue weighted by Gasteiger charge is 2.30. The molecule has 1 unspecified atom stereocenters. The van der Waals surface area contributed by atoms with E-state index in [1.165, 1.54) is 12.6 Å². The van der Waals surface area contributed by atoms with Gasteiger partial charge in [0, 0.05) is 67.4 Å². The third kappa shape index (κ3) is 7.05. The lowest BCUT2D eigenvalue weighted by Gasteiger charge is -2.29. The van der Waals surface area contributed by atoms with Crippen molar-refractivity contribution < 1.29 is 24.3 Å². The zero-order valence-corrected chi connectivity index (χ0v) is 24.9. The van der Waals surface area contributed by atoms with Crippen LogP contribution in [0.4, 0.5) is 11.4 Å². The van der Waals surface area contributed by atoms with Gasteiger partial charge in [0.25, 0.3) is 11.8 Å². The molecular weight excluding hydrogens is 560 g/mol. The molecule has 2 aromatic carbocycles. The number of nitrogens with two attached hydrogens (primary N) is 1. The number of rotatable bonds is 10. The number of carbonyl (C=O) groups excluding carboxylic acids is 3. The number of anilines is 2. The fourth-order valence-corrected chi connectivity index (χ4v) is 5.89. The molecule has 2 aliphatic rings. The molecule has 0 bridgehead atoms. The van der Waals surface area contributed by atoms with E-state index in [1.54, 1.807) is 48.3 Å². The second kappa shape index (κ2) is 13.7. The third-order valence-corrected chi connectivity index (χ3v) is 8.38. The Hall–Kier alpha value is -4.77. The van der Waals surface area contributed by atoms with E-state index in [2.05, 4.69) is 15.2 Å². The van der Waals surface area contributed by atoms with Gasteiger partial charge in [-0.15, -0.1) is 0 Å². The van der Waals surface area contributed by atoms with Crippen LogP contribution in [0.1, 0.15) is 63.2 Å². The molecule has 1 aromatic heterocycles. The van der Waals surface area contributed by atoms with Gasteiger partial charge in [0.15, 0.2) is 0 Å². The maximum atomic E-state index is 13.5. The number of hydrogen-bond donors (Lipinski definition) is 3. The maximum absolute atomic E-state index is 13.5. The summed E-state index contributed by atoms with van der Waals surface area (Å²) in [7, 11) is 1.67. The number of amides is 3. The number of primary amides is 1. The molecule has 4 N–H and O–H groups in total. The van der Waals surface area contributed by atoms with Crippen LogP contribution in [-0.2, 0) is 4.79 Å². The summed E-state index contributed by atoms with van der Waals surface area (Å²) < 4.78 is 0. The number of hydrogen-bond acceptors (Lipinski definition) is 7. The number of carboxylic acid groups (broad SMARTS) is 1. The van der Waals surface area contributed by atoms with Crippen LogP contribution in [0, 0.1) is 0 Å². The molecule has 2 fully saturated rings. The quantitative estimate of drug-likeness (QED) is 0.320. The lowest BCUT2D eigenvalue weighted by Crippen LogP contribution is -2.41. The summed E-state index contributed by atoms with van der Waals surface area (Å²) in [6.07, 6.45) is 6.36. The van der Waals surface area contributed by atoms with Gasteiger partial charge in [0.2, 0.25) is 5.91 Å². The number of carbonyl (C=O) groups is 4. The highest BCUT2D eigenvalue weighted by Crippen LogP contribution is 2.33. The number of likely N-dealkylation sites (N-methyl/N-ethyl adjacent to an activating group) is 1. The fraction of sp³-hybridized carbons (Fsp3) is 0.364. The SMILES string of the molecule is CN(CCN1CCCC1C(=O)O)C(=O)c1cccc(C(=O)Nc2ccc(N3CCCCC3)cc2-c2cc(C(N)=O)ccn2)c1. The minimum absolute atomic E-state index is 0.259. The number of benzene rings is 2. The molecule has 0 saturated carbocycles. The first-order chi connectivity index (χ1) is 21.2. The van der Waals surface area contributed by atoms with E-state index >= 15 is 0 Å². The molecule has 11 nitrogen and oxygen atoms in total. The molecule has 3 aromatic rings. The van der Waals surface area contributed by atoms with Crippen molar-refractivity contribution in [3.63, 3.8) is 0 Å². The van der Waals surface area contributed by atoms with Crippen molar-refractivity contribution in [1.29, 1.82) is 0 Å². The molecule has 1 atom stereocenters. The molecule has 3 heterocycles. The van der Waals surface area contributed by atoms with E-state index < -0.39 is 23.8 Å². The highest BCUT2D eigenvalue weighted by atomic mass is 16.4. The van der Waals surface area contributed by atoms with Gasteiger partial charge in [-0.3, -0.25) is 29.1 Å². The van der Waals surface area contributed by atoms with Crippen molar-refractivity contribution in [2.24, 2.45) is 5.73 Å². The normalized spacial score (nSPS) is 16.8. The zero-order valence-electron chi connectivity index (χ0n) is 24.9. The van der Waals surface area contributed by atoms with Gasteiger partial charge in [-0.2, -0.15) is 0 Å². The molecule has 5 rings (SSSR count). The summed E-state index contributed by atoms with van der Waals surface area (Å²) in [6.45, 7) is 3.39. The summed E-state index contributed by atoms with van der Waals surface area (Å²) >= 11 is 0. The van der Waals surface area contributed by atoms with E-state index in [-0.39, 0.29) is 5.91 Å². The van der Waals surface area contributed by atoms with Crippen LogP contribution in [0.3, 0.4) is 0 Å². The van der Waals surface area contributed by atoms with Crippen LogP contribution < -0.4 is 16.0 Å². The Balaban J connectivity index is 1.34. The van der Waals surface area contributed by atoms with Crippen LogP contribution >= 0.6 is 0 Å². The van der Waals surface area contributed by atoms with Gasteiger partial charge < -0.3 is 26.0 Å². The summed E-state index contributed by atoms with van der Waals surface area (Å²) in [6, 6.07) is 14.9. The Morgan fingerprint density at radius 2 is 1.73 bits per heavy atom. The molecule has 0 aliphatic carbocycles. The minimum Gasteiger partial charge on any atom is -0.480 e. The van der Waals surface area contributed by atoms with Crippen LogP contribution in [0.15, 0.2) is 60.8 Å². The number of nitrogens with zero attached hydrogens (tertiary/aromatic N) is 4. The van der Waals surface area contributed by atoms with Crippen LogP contribution in [0.2, 0.25) is 0 Å². The number of piperidine rings is 1. The largest absolute Gasteiger partial charge is 0.480 e. The standard InChI is InChI=1S/C33H38N6O5/c1-37(17-18-39-16-6-9-29(39)33(43)44)32(42)24-8-5-7-23(19-24)31(41)36-27-11-10-25(38-14-3-2-4-15-38)21-26(27)28-20-22(30(34)40)12-13-35-28/h5,7-8,10-13,19-21,29H,2-4,6,9,14-18H2,1H3,(H2,34,40)(H,36,41)(H,43,44). The van der Waals surface area contributed by atoms with Crippen molar-refractivity contribution in [2.75, 3.05) is 50.0 Å². The highest BCUT2D eigenvalue weighted by molar-refractivity contribution is 6.08. The van der Waals surface area contributed by atoms with Gasteiger partial charge >= 0.3 is 5.97 Å². The van der Waals surface area contributed by atoms with E-state index in [4.69, 9.17) is 5.73 Å². The summed E-state index contributed by atoms with van der Waals surface area (Å²) in [5, 5.41) is 12.4. The molecule has 230 valence electrons. The van der Waals surface area contributed by atoms with Crippen LogP contribution in [-0.4, -0.2) is 89.4 Å². The van der Waals surface area contributed by atoms with Crippen molar-refractivity contribution in [1.82, 2.24) is 14.8 Å². The lowest BCUT2D eigenvalue weighted by molar-refractivity contribution is -0.142. The number of likely N-dealkylation sites (tertiary alicyclic amines) is 1. The zero-order chi connectivity index (χ0) is 31.2. The number of aromatic nitrogens is 1. The van der Waals surface area contributed by atoms with Crippen LogP contribution in [0.5, 0.6) is 0 Å². The van der Waals surface area contributed by atoms with Gasteiger partial charge in [0.1, 0.15) is 6.04 Å². The Kier molecular flexibility index (Phi) is 9.54. The van der Waals surface area contributed by atoms with Crippen molar-refractivity contribution in [3.8, 4) is 11.3 Å². The van der Waals surface area contributed by atoms with E-state index in [9.17, 15) is 24.3 Å². The smallest absolute Gasteiger partial charge is 0.320 e. The number of carboxylic acids is 1. The Labute approximate surface area is 256 Å². The Bertz CT molecular complexity index is 1550. The molecule has 11 heteroatoms. The number of pyridine rings is 1. The first-order valence-corrected chi connectivity index (χ1v) is 15.0. The second-order valence-corrected chi connectivity index (χ2v) is 11.4. The number of nitrogens with one attached hydrogen (secondary N) is 1. The predicted octanol–water partition coefficient (Wildman–Crippen LogP) is 3.71. The third-order valence-electron chi connectivity index (χ3n) is 8.38. The monoisotopic (exact) mass is 598 g/mol. The average molecular weight is 599 g/mol. The topological polar surface area (TPSA) is 149 Å². The Morgan fingerprint density at radius 1 is 0.955 bits per heavy atom. The van der Waals surface area contributed by atoms with Crippen LogP contribution in [0.25, 0.3) is 11.3 Å². The first-order valence-electron chi connectivity index (χ1n) is 15.0. The predicted molar refractivity (Wildman–Crippen MR) is 168 cm³/mol. The first kappa shape index (κ1) is 30.7. The van der Waals surface area contributed by atoms with E-state index in [1.807, 2.05) is 23.1 Å². The molecule has 2 saturated heterocycles. The molecule has 2 aliphatic heterocycles. The van der Waals surface area contributed by atoms with E-state index in [0.717, 1.165) is 38.0 Å². The minimum atomic E-state index is -0.837. The molecule has 0 radical (unpaired) electrons. The summed E-state index contributed by atoms with van der Waals surface area (Å²) in [5.41, 5.74) is 9.17. The van der Waals surface area contributed by atoms with Crippen molar-refractivity contribution in [3.05, 3.63) is 77.5 Å². The summed E-state index contributed by atoms with van der Waals surface area (Å²) in [5.74, 6) is -2.07. The van der Waals surface area contributed by atoms with Crippen molar-refractivity contribution in [2.45, 2.75) is 38.1 Å². The lowest BCUT2D eigenvalue weighted by atomic mass is 10.0. The van der Waals surface area contributed by atoms with Gasteiger partial charge in [-0.25, -0.2) is 0 Å². The molecule has 3 amide bonds. The maximum Gasteiger partial charge on any atom is 0.320 e. The van der Waals surface area contributed by atoms with Gasteiger partial charge in [0.05, 0.1) is 11.4 Å². The second-order valence-electron chi connectivity index (χ2n) is 11.4. The number of aliphatic carboxylic acids is 1. The van der Waals surface area contributed by atoms with E-state index in [0.29, 0.717) is 59.7 Å². The summed E-state index contributed by atoms with van der Waals surface area (Å²) in [4.78, 5) is 60.3. The van der Waals surface area contributed by atoms with Crippen molar-refractivity contribution >= 4 is 35.1 Å². The average Bonchev–Trinajstić information content (AvgIpc) is 3.53. The van der Waals surface area contributed by atoms with Gasteiger partial charge in [-0.1, -0.05) is 6.07 Å².